The monoisotopic (exact) mass is 351 g/mol. The van der Waals surface area contributed by atoms with Crippen molar-refractivity contribution in [2.45, 2.75) is 0 Å². The van der Waals surface area contributed by atoms with Gasteiger partial charge in [-0.15, -0.1) is 22.7 Å². The van der Waals surface area contributed by atoms with Crippen molar-refractivity contribution in [2.24, 2.45) is 0 Å². The minimum absolute atomic E-state index is 0.163. The summed E-state index contributed by atoms with van der Waals surface area (Å²) in [5, 5.41) is 4.06. The Morgan fingerprint density at radius 1 is 0.875 bits per heavy atom. The highest BCUT2D eigenvalue weighted by atomic mass is 32.1. The molecule has 4 heterocycles. The van der Waals surface area contributed by atoms with Crippen LogP contribution in [0.1, 0.15) is 10.4 Å². The van der Waals surface area contributed by atoms with Gasteiger partial charge in [-0.05, 0) is 47.2 Å². The standard InChI is InChI=1S/C18H13N3OS2/c22-18(13-7-9-19-10-8-13)20-21-14(16-3-1-11-23-16)5-6-15(21)17-4-2-12-24-17/h1-12H,(H,20,22). The summed E-state index contributed by atoms with van der Waals surface area (Å²) in [4.78, 5) is 18.8. The molecule has 4 nitrogen and oxygen atoms in total. The minimum Gasteiger partial charge on any atom is -0.267 e. The Hall–Kier alpha value is -2.70. The van der Waals surface area contributed by atoms with E-state index in [-0.39, 0.29) is 5.91 Å². The number of hydrogen-bond donors (Lipinski definition) is 1. The zero-order valence-corrected chi connectivity index (χ0v) is 14.2. The van der Waals surface area contributed by atoms with Crippen LogP contribution in [-0.2, 0) is 0 Å². The highest BCUT2D eigenvalue weighted by Crippen LogP contribution is 2.32. The van der Waals surface area contributed by atoms with E-state index in [0.29, 0.717) is 5.56 Å². The molecule has 0 aliphatic heterocycles. The van der Waals surface area contributed by atoms with Crippen LogP contribution in [0.2, 0.25) is 0 Å². The van der Waals surface area contributed by atoms with Gasteiger partial charge in [0.05, 0.1) is 21.1 Å². The van der Waals surface area contributed by atoms with Gasteiger partial charge in [0.25, 0.3) is 5.91 Å². The molecule has 0 saturated heterocycles. The molecule has 6 heteroatoms. The number of rotatable bonds is 4. The predicted molar refractivity (Wildman–Crippen MR) is 99.0 cm³/mol. The fourth-order valence-corrected chi connectivity index (χ4v) is 3.94. The van der Waals surface area contributed by atoms with Gasteiger partial charge >= 0.3 is 0 Å². The lowest BCUT2D eigenvalue weighted by atomic mass is 10.2. The molecule has 0 spiro atoms. The van der Waals surface area contributed by atoms with Crippen LogP contribution in [0, 0.1) is 0 Å². The van der Waals surface area contributed by atoms with Crippen molar-refractivity contribution in [1.29, 1.82) is 0 Å². The van der Waals surface area contributed by atoms with Crippen molar-refractivity contribution in [3.63, 3.8) is 0 Å². The first kappa shape index (κ1) is 14.9. The highest BCUT2D eigenvalue weighted by Gasteiger charge is 2.16. The molecule has 0 aromatic carbocycles. The fraction of sp³-hybridized carbons (Fsp3) is 0. The lowest BCUT2D eigenvalue weighted by Gasteiger charge is -2.13. The van der Waals surface area contributed by atoms with Crippen molar-refractivity contribution >= 4 is 28.6 Å². The van der Waals surface area contributed by atoms with E-state index in [1.165, 1.54) is 0 Å². The van der Waals surface area contributed by atoms with E-state index in [0.717, 1.165) is 21.1 Å². The molecular formula is C18H13N3OS2. The number of hydrogen-bond acceptors (Lipinski definition) is 4. The van der Waals surface area contributed by atoms with Crippen molar-refractivity contribution < 1.29 is 4.79 Å². The SMILES string of the molecule is O=C(Nn1c(-c2cccs2)ccc1-c1cccs1)c1ccncc1. The van der Waals surface area contributed by atoms with Crippen molar-refractivity contribution in [3.05, 3.63) is 77.2 Å². The first-order valence-corrected chi connectivity index (χ1v) is 9.10. The molecule has 1 N–H and O–H groups in total. The average Bonchev–Trinajstić information content (AvgIpc) is 3.36. The summed E-state index contributed by atoms with van der Waals surface area (Å²) in [7, 11) is 0. The molecule has 118 valence electrons. The van der Waals surface area contributed by atoms with E-state index in [1.807, 2.05) is 51.8 Å². The molecular weight excluding hydrogens is 338 g/mol. The molecule has 0 radical (unpaired) electrons. The molecule has 0 aliphatic carbocycles. The molecule has 4 rings (SSSR count). The van der Waals surface area contributed by atoms with Crippen LogP contribution in [-0.4, -0.2) is 15.6 Å². The van der Waals surface area contributed by atoms with Crippen LogP contribution in [0.3, 0.4) is 0 Å². The van der Waals surface area contributed by atoms with E-state index in [1.54, 1.807) is 47.2 Å². The second-order valence-electron chi connectivity index (χ2n) is 5.07. The number of carbonyl (C=O) groups excluding carboxylic acids is 1. The van der Waals surface area contributed by atoms with E-state index in [9.17, 15) is 4.79 Å². The second-order valence-corrected chi connectivity index (χ2v) is 6.97. The van der Waals surface area contributed by atoms with E-state index >= 15 is 0 Å². The summed E-state index contributed by atoms with van der Waals surface area (Å²) < 4.78 is 1.86. The van der Waals surface area contributed by atoms with Crippen molar-refractivity contribution in [2.75, 3.05) is 5.43 Å². The zero-order chi connectivity index (χ0) is 16.4. The van der Waals surface area contributed by atoms with E-state index in [2.05, 4.69) is 10.4 Å². The third-order valence-corrected chi connectivity index (χ3v) is 5.37. The molecule has 24 heavy (non-hydrogen) atoms. The smallest absolute Gasteiger partial charge is 0.267 e. The number of nitrogens with zero attached hydrogens (tertiary/aromatic N) is 2. The van der Waals surface area contributed by atoms with Crippen molar-refractivity contribution in [1.82, 2.24) is 9.66 Å². The van der Waals surface area contributed by atoms with Gasteiger partial charge in [-0.3, -0.25) is 19.9 Å². The Bertz CT molecular complexity index is 890. The van der Waals surface area contributed by atoms with Crippen LogP contribution >= 0.6 is 22.7 Å². The summed E-state index contributed by atoms with van der Waals surface area (Å²) in [6.45, 7) is 0. The first-order chi connectivity index (χ1) is 11.8. The van der Waals surface area contributed by atoms with Crippen molar-refractivity contribution in [3.8, 4) is 21.1 Å². The predicted octanol–water partition coefficient (Wildman–Crippen LogP) is 4.72. The van der Waals surface area contributed by atoms with Crippen LogP contribution in [0.4, 0.5) is 0 Å². The third kappa shape index (κ3) is 2.77. The Kier molecular flexibility index (Phi) is 3.98. The third-order valence-electron chi connectivity index (χ3n) is 3.58. The van der Waals surface area contributed by atoms with Gasteiger partial charge in [-0.1, -0.05) is 12.1 Å². The van der Waals surface area contributed by atoms with Gasteiger partial charge in [-0.25, -0.2) is 0 Å². The number of aromatic nitrogens is 2. The largest absolute Gasteiger partial charge is 0.270 e. The quantitative estimate of drug-likeness (QED) is 0.578. The van der Waals surface area contributed by atoms with Gasteiger partial charge in [0.1, 0.15) is 0 Å². The Balaban J connectivity index is 1.77. The number of pyridine rings is 1. The Morgan fingerprint density at radius 2 is 1.46 bits per heavy atom. The van der Waals surface area contributed by atoms with Crippen LogP contribution < -0.4 is 5.43 Å². The molecule has 0 aliphatic rings. The Labute approximate surface area is 147 Å². The van der Waals surface area contributed by atoms with Gasteiger partial charge in [0.2, 0.25) is 0 Å². The highest BCUT2D eigenvalue weighted by molar-refractivity contribution is 7.14. The normalized spacial score (nSPS) is 10.7. The Morgan fingerprint density at radius 3 is 1.96 bits per heavy atom. The minimum atomic E-state index is -0.163. The number of nitrogens with one attached hydrogen (secondary N) is 1. The summed E-state index contributed by atoms with van der Waals surface area (Å²) >= 11 is 3.29. The summed E-state index contributed by atoms with van der Waals surface area (Å²) in [5.41, 5.74) is 5.53. The van der Waals surface area contributed by atoms with Crippen LogP contribution in [0.5, 0.6) is 0 Å². The number of amides is 1. The molecule has 4 aromatic heterocycles. The first-order valence-electron chi connectivity index (χ1n) is 7.34. The van der Waals surface area contributed by atoms with Gasteiger partial charge < -0.3 is 0 Å². The van der Waals surface area contributed by atoms with E-state index < -0.39 is 0 Å². The van der Waals surface area contributed by atoms with Gasteiger partial charge in [-0.2, -0.15) is 0 Å². The second kappa shape index (κ2) is 6.43. The van der Waals surface area contributed by atoms with E-state index in [4.69, 9.17) is 0 Å². The topological polar surface area (TPSA) is 46.9 Å². The fourth-order valence-electron chi connectivity index (χ4n) is 2.46. The maximum absolute atomic E-state index is 12.6. The molecule has 4 aromatic rings. The molecule has 0 unspecified atom stereocenters. The van der Waals surface area contributed by atoms with Crippen LogP contribution in [0.25, 0.3) is 21.1 Å². The molecule has 1 amide bonds. The maximum Gasteiger partial charge on any atom is 0.270 e. The average molecular weight is 351 g/mol. The summed E-state index contributed by atoms with van der Waals surface area (Å²) in [5.74, 6) is -0.163. The lowest BCUT2D eigenvalue weighted by Crippen LogP contribution is -2.24. The molecule has 0 bridgehead atoms. The maximum atomic E-state index is 12.6. The van der Waals surface area contributed by atoms with Gasteiger partial charge in [0, 0.05) is 18.0 Å². The van der Waals surface area contributed by atoms with Gasteiger partial charge in [0.15, 0.2) is 0 Å². The number of thiophene rings is 2. The lowest BCUT2D eigenvalue weighted by molar-refractivity contribution is 0.101. The molecule has 0 saturated carbocycles. The molecule has 0 atom stereocenters. The van der Waals surface area contributed by atoms with Crippen LogP contribution in [0.15, 0.2) is 71.7 Å². The number of carbonyl (C=O) groups is 1. The molecule has 0 fully saturated rings. The summed E-state index contributed by atoms with van der Waals surface area (Å²) in [6, 6.07) is 15.6. The summed E-state index contributed by atoms with van der Waals surface area (Å²) in [6.07, 6.45) is 3.23. The zero-order valence-electron chi connectivity index (χ0n) is 12.5.